The molecule has 0 spiro atoms. The SMILES string of the molecule is CC(C)(C)OC(=O)CCCCCNC(=O)C(N)Cc1ccc2ccccc2c1. The summed E-state index contributed by atoms with van der Waals surface area (Å²) in [5.41, 5.74) is 6.68. The van der Waals surface area contributed by atoms with Crippen LogP contribution >= 0.6 is 0 Å². The minimum absolute atomic E-state index is 0.139. The van der Waals surface area contributed by atoms with Gasteiger partial charge in [-0.3, -0.25) is 9.59 Å². The molecule has 0 aliphatic heterocycles. The highest BCUT2D eigenvalue weighted by atomic mass is 16.6. The number of nitrogens with two attached hydrogens (primary N) is 1. The van der Waals surface area contributed by atoms with Crippen molar-refractivity contribution in [1.82, 2.24) is 5.32 Å². The molecule has 0 heterocycles. The van der Waals surface area contributed by atoms with Gasteiger partial charge in [0.25, 0.3) is 0 Å². The number of benzene rings is 2. The molecule has 1 atom stereocenters. The van der Waals surface area contributed by atoms with Crippen molar-refractivity contribution in [3.05, 3.63) is 48.0 Å². The zero-order valence-corrected chi connectivity index (χ0v) is 17.2. The van der Waals surface area contributed by atoms with E-state index in [4.69, 9.17) is 10.5 Å². The molecule has 0 bridgehead atoms. The van der Waals surface area contributed by atoms with Gasteiger partial charge in [0.1, 0.15) is 5.60 Å². The molecule has 28 heavy (non-hydrogen) atoms. The highest BCUT2D eigenvalue weighted by Crippen LogP contribution is 2.16. The first-order valence-corrected chi connectivity index (χ1v) is 9.97. The van der Waals surface area contributed by atoms with Crippen LogP contribution in [0.1, 0.15) is 52.0 Å². The second-order valence-electron chi connectivity index (χ2n) is 8.18. The third kappa shape index (κ3) is 7.69. The fourth-order valence-corrected chi connectivity index (χ4v) is 3.02. The van der Waals surface area contributed by atoms with Gasteiger partial charge in [-0.05, 0) is 56.4 Å². The summed E-state index contributed by atoms with van der Waals surface area (Å²) in [6, 6.07) is 13.7. The van der Waals surface area contributed by atoms with E-state index in [1.54, 1.807) is 0 Å². The molecule has 2 aromatic carbocycles. The van der Waals surface area contributed by atoms with Gasteiger partial charge in [-0.15, -0.1) is 0 Å². The van der Waals surface area contributed by atoms with Crippen LogP contribution in [0.5, 0.6) is 0 Å². The number of nitrogens with one attached hydrogen (secondary N) is 1. The van der Waals surface area contributed by atoms with Crippen molar-refractivity contribution >= 4 is 22.6 Å². The number of fused-ring (bicyclic) bond motifs is 1. The molecule has 152 valence electrons. The number of hydrogen-bond donors (Lipinski definition) is 2. The first-order valence-electron chi connectivity index (χ1n) is 9.97. The lowest BCUT2D eigenvalue weighted by atomic mass is 10.0. The standard InChI is InChI=1S/C23H32N2O3/c1-23(2,3)28-21(26)11-5-4-8-14-25-22(27)20(24)16-17-12-13-18-9-6-7-10-19(18)15-17/h6-7,9-10,12-13,15,20H,4-5,8,11,14,16,24H2,1-3H3,(H,25,27). The van der Waals surface area contributed by atoms with Crippen molar-refractivity contribution in [2.24, 2.45) is 5.73 Å². The summed E-state index contributed by atoms with van der Waals surface area (Å²) in [6.45, 7) is 6.16. The predicted molar refractivity (Wildman–Crippen MR) is 113 cm³/mol. The van der Waals surface area contributed by atoms with Crippen LogP contribution in [-0.2, 0) is 20.7 Å². The molecular weight excluding hydrogens is 352 g/mol. The average Bonchev–Trinajstić information content (AvgIpc) is 2.62. The van der Waals surface area contributed by atoms with E-state index in [0.29, 0.717) is 19.4 Å². The number of ether oxygens (including phenoxy) is 1. The lowest BCUT2D eigenvalue weighted by molar-refractivity contribution is -0.154. The summed E-state index contributed by atoms with van der Waals surface area (Å²) in [4.78, 5) is 23.8. The first kappa shape index (κ1) is 21.9. The molecule has 0 aromatic heterocycles. The number of esters is 1. The van der Waals surface area contributed by atoms with Crippen molar-refractivity contribution in [2.75, 3.05) is 6.54 Å². The van der Waals surface area contributed by atoms with Crippen LogP contribution in [0.25, 0.3) is 10.8 Å². The number of amides is 1. The molecule has 3 N–H and O–H groups in total. The zero-order chi connectivity index (χ0) is 20.6. The van der Waals surface area contributed by atoms with Gasteiger partial charge in [0.2, 0.25) is 5.91 Å². The maximum absolute atomic E-state index is 12.2. The summed E-state index contributed by atoms with van der Waals surface area (Å²) < 4.78 is 5.27. The van der Waals surface area contributed by atoms with E-state index in [1.165, 1.54) is 5.39 Å². The van der Waals surface area contributed by atoms with E-state index in [2.05, 4.69) is 29.6 Å². The molecule has 0 aliphatic rings. The van der Waals surface area contributed by atoms with E-state index < -0.39 is 11.6 Å². The van der Waals surface area contributed by atoms with E-state index in [0.717, 1.165) is 30.2 Å². The highest BCUT2D eigenvalue weighted by Gasteiger charge is 2.16. The molecule has 0 saturated heterocycles. The molecule has 0 radical (unpaired) electrons. The van der Waals surface area contributed by atoms with E-state index >= 15 is 0 Å². The molecule has 5 nitrogen and oxygen atoms in total. The van der Waals surface area contributed by atoms with Gasteiger partial charge < -0.3 is 15.8 Å². The molecule has 0 saturated carbocycles. The second kappa shape index (κ2) is 10.2. The Hall–Kier alpha value is -2.40. The lowest BCUT2D eigenvalue weighted by Gasteiger charge is -2.19. The molecular formula is C23H32N2O3. The van der Waals surface area contributed by atoms with Gasteiger partial charge in [-0.2, -0.15) is 0 Å². The third-order valence-electron chi connectivity index (χ3n) is 4.38. The number of carbonyl (C=O) groups excluding carboxylic acids is 2. The fourth-order valence-electron chi connectivity index (χ4n) is 3.02. The Balaban J connectivity index is 1.65. The molecule has 0 aliphatic carbocycles. The van der Waals surface area contributed by atoms with Crippen molar-refractivity contribution < 1.29 is 14.3 Å². The summed E-state index contributed by atoms with van der Waals surface area (Å²) in [6.07, 6.45) is 3.35. The molecule has 5 heteroatoms. The van der Waals surface area contributed by atoms with Gasteiger partial charge in [-0.1, -0.05) is 48.9 Å². The van der Waals surface area contributed by atoms with Crippen LogP contribution in [0.15, 0.2) is 42.5 Å². The van der Waals surface area contributed by atoms with Crippen molar-refractivity contribution in [3.63, 3.8) is 0 Å². The smallest absolute Gasteiger partial charge is 0.306 e. The first-order chi connectivity index (χ1) is 13.2. The molecule has 0 fully saturated rings. The van der Waals surface area contributed by atoms with Crippen molar-refractivity contribution in [1.29, 1.82) is 0 Å². The van der Waals surface area contributed by atoms with E-state index in [1.807, 2.05) is 39.0 Å². The average molecular weight is 385 g/mol. The van der Waals surface area contributed by atoms with Crippen LogP contribution in [0.2, 0.25) is 0 Å². The normalized spacial score (nSPS) is 12.6. The highest BCUT2D eigenvalue weighted by molar-refractivity contribution is 5.84. The van der Waals surface area contributed by atoms with E-state index in [9.17, 15) is 9.59 Å². The van der Waals surface area contributed by atoms with Gasteiger partial charge in [0.05, 0.1) is 6.04 Å². The van der Waals surface area contributed by atoms with Crippen LogP contribution < -0.4 is 11.1 Å². The summed E-state index contributed by atoms with van der Waals surface area (Å²) >= 11 is 0. The van der Waals surface area contributed by atoms with Crippen LogP contribution in [0.4, 0.5) is 0 Å². The minimum atomic E-state index is -0.567. The van der Waals surface area contributed by atoms with Gasteiger partial charge >= 0.3 is 5.97 Å². The third-order valence-corrected chi connectivity index (χ3v) is 4.38. The number of hydrogen-bond acceptors (Lipinski definition) is 4. The van der Waals surface area contributed by atoms with Crippen LogP contribution in [-0.4, -0.2) is 30.1 Å². The van der Waals surface area contributed by atoms with Crippen LogP contribution in [0.3, 0.4) is 0 Å². The fraction of sp³-hybridized carbons (Fsp3) is 0.478. The Kier molecular flexibility index (Phi) is 8.00. The Morgan fingerprint density at radius 3 is 2.46 bits per heavy atom. The lowest BCUT2D eigenvalue weighted by Crippen LogP contribution is -2.42. The second-order valence-corrected chi connectivity index (χ2v) is 8.18. The molecule has 2 aromatic rings. The quantitative estimate of drug-likeness (QED) is 0.510. The largest absolute Gasteiger partial charge is 0.460 e. The topological polar surface area (TPSA) is 81.4 Å². The number of carbonyl (C=O) groups is 2. The van der Waals surface area contributed by atoms with E-state index in [-0.39, 0.29) is 11.9 Å². The predicted octanol–water partition coefficient (Wildman–Crippen LogP) is 3.73. The summed E-state index contributed by atoms with van der Waals surface area (Å²) in [5.74, 6) is -0.311. The van der Waals surface area contributed by atoms with Crippen LogP contribution in [0, 0.1) is 0 Å². The van der Waals surface area contributed by atoms with Crippen molar-refractivity contribution in [2.45, 2.75) is 64.5 Å². The van der Waals surface area contributed by atoms with Crippen molar-refractivity contribution in [3.8, 4) is 0 Å². The summed E-state index contributed by atoms with van der Waals surface area (Å²) in [5, 5.41) is 5.21. The zero-order valence-electron chi connectivity index (χ0n) is 17.2. The van der Waals surface area contributed by atoms with Gasteiger partial charge in [0, 0.05) is 13.0 Å². The Bertz CT molecular complexity index is 796. The molecule has 1 amide bonds. The minimum Gasteiger partial charge on any atom is -0.460 e. The van der Waals surface area contributed by atoms with Gasteiger partial charge in [-0.25, -0.2) is 0 Å². The summed E-state index contributed by atoms with van der Waals surface area (Å²) in [7, 11) is 0. The monoisotopic (exact) mass is 384 g/mol. The Morgan fingerprint density at radius 2 is 1.75 bits per heavy atom. The molecule has 1 unspecified atom stereocenters. The number of rotatable bonds is 9. The van der Waals surface area contributed by atoms with Gasteiger partial charge in [0.15, 0.2) is 0 Å². The number of unbranched alkanes of at least 4 members (excludes halogenated alkanes) is 2. The Morgan fingerprint density at radius 1 is 1.04 bits per heavy atom. The Labute approximate surface area is 167 Å². The molecule has 2 rings (SSSR count). The maximum atomic E-state index is 12.2. The maximum Gasteiger partial charge on any atom is 0.306 e.